The van der Waals surface area contributed by atoms with E-state index in [4.69, 9.17) is 0 Å². The van der Waals surface area contributed by atoms with Gasteiger partial charge < -0.3 is 26.0 Å². The summed E-state index contributed by atoms with van der Waals surface area (Å²) in [4.78, 5) is 41.2. The highest BCUT2D eigenvalue weighted by molar-refractivity contribution is 5.93. The van der Waals surface area contributed by atoms with Crippen LogP contribution in [0.2, 0.25) is 0 Å². The molecule has 0 heterocycles. The Hall–Kier alpha value is -3.46. The first kappa shape index (κ1) is 31.8. The van der Waals surface area contributed by atoms with Crippen LogP contribution >= 0.6 is 0 Å². The molecule has 0 saturated heterocycles. The molecule has 0 aliphatic rings. The van der Waals surface area contributed by atoms with Crippen molar-refractivity contribution >= 4 is 17.7 Å². The molecule has 2 aromatic rings. The Morgan fingerprint density at radius 3 is 2.00 bits per heavy atom. The van der Waals surface area contributed by atoms with Crippen molar-refractivity contribution in [3.05, 3.63) is 65.0 Å². The molecule has 0 fully saturated rings. The lowest BCUT2D eigenvalue weighted by Crippen LogP contribution is -2.58. The van der Waals surface area contributed by atoms with E-state index in [2.05, 4.69) is 16.0 Å². The number of carbonyl (C=O) groups is 3. The maximum Gasteiger partial charge on any atom is 0.243 e. The average Bonchev–Trinajstić information content (AvgIpc) is 2.87. The predicted molar refractivity (Wildman–Crippen MR) is 151 cm³/mol. The first-order valence-corrected chi connectivity index (χ1v) is 13.2. The van der Waals surface area contributed by atoms with Gasteiger partial charge in [-0.3, -0.25) is 14.4 Å². The highest BCUT2D eigenvalue weighted by Gasteiger charge is 2.35. The van der Waals surface area contributed by atoms with Crippen molar-refractivity contribution in [2.24, 2.45) is 5.92 Å². The highest BCUT2D eigenvalue weighted by Crippen LogP contribution is 2.31. The zero-order chi connectivity index (χ0) is 29.5. The maximum absolute atomic E-state index is 13.6. The lowest BCUT2D eigenvalue weighted by molar-refractivity contribution is -0.142. The molecule has 214 valence electrons. The Morgan fingerprint density at radius 1 is 0.923 bits per heavy atom. The fourth-order valence-corrected chi connectivity index (χ4v) is 4.66. The molecule has 4 N–H and O–H groups in total. The van der Waals surface area contributed by atoms with Crippen molar-refractivity contribution in [1.29, 1.82) is 0 Å². The maximum atomic E-state index is 13.6. The Labute approximate surface area is 231 Å². The van der Waals surface area contributed by atoms with Crippen LogP contribution in [0.1, 0.15) is 51.3 Å². The second kappa shape index (κ2) is 13.6. The third kappa shape index (κ3) is 8.51. The van der Waals surface area contributed by atoms with Crippen molar-refractivity contribution in [3.63, 3.8) is 0 Å². The van der Waals surface area contributed by atoms with E-state index in [1.54, 1.807) is 38.4 Å². The van der Waals surface area contributed by atoms with Gasteiger partial charge in [0.25, 0.3) is 0 Å². The highest BCUT2D eigenvalue weighted by atomic mass is 19.1. The van der Waals surface area contributed by atoms with Gasteiger partial charge in [0.05, 0.1) is 6.04 Å². The van der Waals surface area contributed by atoms with Crippen LogP contribution in [-0.4, -0.2) is 67.0 Å². The third-order valence-corrected chi connectivity index (χ3v) is 6.85. The minimum Gasteiger partial charge on any atom is -0.508 e. The lowest BCUT2D eigenvalue weighted by atomic mass is 9.84. The molecule has 0 aromatic heterocycles. The summed E-state index contributed by atoms with van der Waals surface area (Å²) < 4.78 is 13.3. The minimum atomic E-state index is -0.885. The SMILES string of the molecule is CNC(=O)C(Cc1ccc(O)c(C(C)(C)C)c1)NC(=O)C(C(C)C)N(C)C(=O)C(Cc1ccc(F)cc1)NC. The monoisotopic (exact) mass is 542 g/mol. The number of halogens is 1. The Kier molecular flexibility index (Phi) is 11.0. The lowest BCUT2D eigenvalue weighted by Gasteiger charge is -2.34. The molecule has 0 spiro atoms. The standard InChI is InChI=1S/C30H43FN4O4/c1-18(2)26(35(8)29(39)24(32-6)16-19-9-12-21(31)13-10-19)28(38)34-23(27(37)33-7)17-20-11-14-25(36)22(15-20)30(3,4)5/h9-15,18,23-24,26,32,36H,16-17H2,1-8H3,(H,33,37)(H,34,38). The second-order valence-corrected chi connectivity index (χ2v) is 11.3. The largest absolute Gasteiger partial charge is 0.508 e. The summed E-state index contributed by atoms with van der Waals surface area (Å²) in [6, 6.07) is 8.77. The van der Waals surface area contributed by atoms with E-state index in [0.29, 0.717) is 6.42 Å². The molecule has 0 radical (unpaired) electrons. The van der Waals surface area contributed by atoms with Gasteiger partial charge in [-0.2, -0.15) is 0 Å². The predicted octanol–water partition coefficient (Wildman–Crippen LogP) is 2.92. The number of aromatic hydroxyl groups is 1. The topological polar surface area (TPSA) is 111 Å². The normalized spacial score (nSPS) is 13.9. The summed E-state index contributed by atoms with van der Waals surface area (Å²) in [5.41, 5.74) is 2.00. The van der Waals surface area contributed by atoms with Crippen molar-refractivity contribution in [2.45, 2.75) is 71.0 Å². The quantitative estimate of drug-likeness (QED) is 0.349. The molecule has 39 heavy (non-hydrogen) atoms. The number of likely N-dealkylation sites (N-methyl/N-ethyl adjacent to an activating group) is 3. The molecule has 0 saturated carbocycles. The van der Waals surface area contributed by atoms with Crippen LogP contribution < -0.4 is 16.0 Å². The summed E-state index contributed by atoms with van der Waals surface area (Å²) in [7, 11) is 4.74. The molecule has 0 aliphatic carbocycles. The number of carbonyl (C=O) groups excluding carboxylic acids is 3. The smallest absolute Gasteiger partial charge is 0.243 e. The van der Waals surface area contributed by atoms with E-state index in [1.165, 1.54) is 24.1 Å². The van der Waals surface area contributed by atoms with Gasteiger partial charge in [-0.05, 0) is 59.7 Å². The van der Waals surface area contributed by atoms with E-state index in [1.807, 2.05) is 40.7 Å². The van der Waals surface area contributed by atoms with Gasteiger partial charge in [-0.25, -0.2) is 4.39 Å². The fourth-order valence-electron chi connectivity index (χ4n) is 4.66. The average molecular weight is 543 g/mol. The van der Waals surface area contributed by atoms with Crippen molar-refractivity contribution in [1.82, 2.24) is 20.9 Å². The van der Waals surface area contributed by atoms with Gasteiger partial charge in [-0.15, -0.1) is 0 Å². The summed E-state index contributed by atoms with van der Waals surface area (Å²) in [5, 5.41) is 18.8. The van der Waals surface area contributed by atoms with Crippen LogP contribution in [-0.2, 0) is 32.6 Å². The molecule has 3 amide bonds. The molecule has 3 atom stereocenters. The van der Waals surface area contributed by atoms with Gasteiger partial charge in [-0.1, -0.05) is 58.9 Å². The zero-order valence-electron chi connectivity index (χ0n) is 24.3. The van der Waals surface area contributed by atoms with E-state index >= 15 is 0 Å². The van der Waals surface area contributed by atoms with Gasteiger partial charge in [0, 0.05) is 20.5 Å². The van der Waals surface area contributed by atoms with Gasteiger partial charge in [0.1, 0.15) is 23.7 Å². The summed E-state index contributed by atoms with van der Waals surface area (Å²) >= 11 is 0. The molecule has 2 rings (SSSR count). The molecular weight excluding hydrogens is 499 g/mol. The third-order valence-electron chi connectivity index (χ3n) is 6.85. The number of phenolic OH excluding ortho intramolecular Hbond substituents is 1. The van der Waals surface area contributed by atoms with Crippen LogP contribution in [0.15, 0.2) is 42.5 Å². The van der Waals surface area contributed by atoms with Gasteiger partial charge in [0.2, 0.25) is 17.7 Å². The molecule has 2 aromatic carbocycles. The molecule has 9 heteroatoms. The fraction of sp³-hybridized carbons (Fsp3) is 0.500. The van der Waals surface area contributed by atoms with Crippen LogP contribution in [0, 0.1) is 11.7 Å². The minimum absolute atomic E-state index is 0.173. The van der Waals surface area contributed by atoms with E-state index in [9.17, 15) is 23.9 Å². The van der Waals surface area contributed by atoms with E-state index < -0.39 is 24.0 Å². The number of hydrogen-bond acceptors (Lipinski definition) is 5. The van der Waals surface area contributed by atoms with E-state index in [0.717, 1.165) is 16.7 Å². The number of amides is 3. The Bertz CT molecular complexity index is 1140. The molecule has 8 nitrogen and oxygen atoms in total. The summed E-state index contributed by atoms with van der Waals surface area (Å²) in [5.74, 6) is -1.52. The molecule has 3 unspecified atom stereocenters. The van der Waals surface area contributed by atoms with Gasteiger partial charge >= 0.3 is 0 Å². The Morgan fingerprint density at radius 2 is 1.49 bits per heavy atom. The zero-order valence-corrected chi connectivity index (χ0v) is 24.3. The molecule has 0 aliphatic heterocycles. The van der Waals surface area contributed by atoms with Crippen molar-refractivity contribution in [2.75, 3.05) is 21.1 Å². The number of phenols is 1. The number of hydrogen-bond donors (Lipinski definition) is 4. The van der Waals surface area contributed by atoms with Crippen LogP contribution in [0.4, 0.5) is 4.39 Å². The molecular formula is C30H43FN4O4. The van der Waals surface area contributed by atoms with Crippen LogP contribution in [0.5, 0.6) is 5.75 Å². The first-order chi connectivity index (χ1) is 18.2. The number of rotatable bonds is 11. The summed E-state index contributed by atoms with van der Waals surface area (Å²) in [6.45, 7) is 9.63. The van der Waals surface area contributed by atoms with Crippen molar-refractivity contribution < 1.29 is 23.9 Å². The number of nitrogens with one attached hydrogen (secondary N) is 3. The molecule has 0 bridgehead atoms. The van der Waals surface area contributed by atoms with Gasteiger partial charge in [0.15, 0.2) is 0 Å². The Balaban J connectivity index is 2.25. The number of nitrogens with zero attached hydrogens (tertiary/aromatic N) is 1. The van der Waals surface area contributed by atoms with Crippen LogP contribution in [0.25, 0.3) is 0 Å². The summed E-state index contributed by atoms with van der Waals surface area (Å²) in [6.07, 6.45) is 0.533. The number of benzene rings is 2. The van der Waals surface area contributed by atoms with Crippen molar-refractivity contribution in [3.8, 4) is 5.75 Å². The second-order valence-electron chi connectivity index (χ2n) is 11.3. The van der Waals surface area contributed by atoms with E-state index in [-0.39, 0.29) is 41.1 Å². The first-order valence-electron chi connectivity index (χ1n) is 13.2. The van der Waals surface area contributed by atoms with Crippen LogP contribution in [0.3, 0.4) is 0 Å².